The first kappa shape index (κ1) is 15.3. The maximum atomic E-state index is 12.8. The van der Waals surface area contributed by atoms with Crippen molar-refractivity contribution in [3.05, 3.63) is 69.5 Å². The maximum Gasteiger partial charge on any atom is 0.123 e. The molecule has 0 radical (unpaired) electrons. The van der Waals surface area contributed by atoms with E-state index in [0.717, 1.165) is 17.5 Å². The monoisotopic (exact) mass is 311 g/mol. The third kappa shape index (κ3) is 4.48. The molecule has 0 saturated heterocycles. The van der Waals surface area contributed by atoms with Crippen molar-refractivity contribution < 1.29 is 4.39 Å². The topological polar surface area (TPSA) is 12.0 Å². The molecule has 0 amide bonds. The number of nitrogens with one attached hydrogen (secondary N) is 1. The summed E-state index contributed by atoms with van der Waals surface area (Å²) in [6.45, 7) is 2.74. The Morgan fingerprint density at radius 3 is 2.50 bits per heavy atom. The molecule has 0 bridgehead atoms. The molecule has 0 heterocycles. The van der Waals surface area contributed by atoms with Gasteiger partial charge in [0.15, 0.2) is 0 Å². The molecule has 0 aliphatic carbocycles. The molecule has 1 unspecified atom stereocenters. The van der Waals surface area contributed by atoms with Gasteiger partial charge >= 0.3 is 0 Å². The van der Waals surface area contributed by atoms with Crippen LogP contribution in [0.4, 0.5) is 4.39 Å². The predicted molar refractivity (Wildman–Crippen MR) is 82.9 cm³/mol. The molecule has 0 aliphatic rings. The minimum atomic E-state index is -0.208. The molecule has 0 spiro atoms. The van der Waals surface area contributed by atoms with Gasteiger partial charge in [-0.3, -0.25) is 0 Å². The largest absolute Gasteiger partial charge is 0.310 e. The summed E-state index contributed by atoms with van der Waals surface area (Å²) < 4.78 is 12.8. The fourth-order valence-electron chi connectivity index (χ4n) is 2.01. The van der Waals surface area contributed by atoms with E-state index in [1.165, 1.54) is 12.1 Å². The summed E-state index contributed by atoms with van der Waals surface area (Å²) in [5.74, 6) is -0.208. The molecule has 106 valence electrons. The lowest BCUT2D eigenvalue weighted by Crippen LogP contribution is -2.27. The Kier molecular flexibility index (Phi) is 5.41. The Morgan fingerprint density at radius 1 is 1.10 bits per heavy atom. The van der Waals surface area contributed by atoms with Crippen LogP contribution in [-0.2, 0) is 13.0 Å². The lowest BCUT2D eigenvalue weighted by Gasteiger charge is -2.15. The first-order chi connectivity index (χ1) is 9.54. The zero-order valence-electron chi connectivity index (χ0n) is 11.2. The SMILES string of the molecule is CC(Cc1ccc(F)cc1)NCc1cc(Cl)ccc1Cl. The van der Waals surface area contributed by atoms with E-state index < -0.39 is 0 Å². The molecule has 1 atom stereocenters. The van der Waals surface area contributed by atoms with Gasteiger partial charge in [-0.05, 0) is 54.8 Å². The summed E-state index contributed by atoms with van der Waals surface area (Å²) in [5.41, 5.74) is 2.08. The summed E-state index contributed by atoms with van der Waals surface area (Å²) in [7, 11) is 0. The van der Waals surface area contributed by atoms with Gasteiger partial charge in [0.25, 0.3) is 0 Å². The third-order valence-corrected chi connectivity index (χ3v) is 3.71. The van der Waals surface area contributed by atoms with Crippen LogP contribution in [0.3, 0.4) is 0 Å². The number of benzene rings is 2. The van der Waals surface area contributed by atoms with Gasteiger partial charge in [-0.1, -0.05) is 35.3 Å². The smallest absolute Gasteiger partial charge is 0.123 e. The molecule has 4 heteroatoms. The average molecular weight is 312 g/mol. The highest BCUT2D eigenvalue weighted by atomic mass is 35.5. The van der Waals surface area contributed by atoms with Crippen LogP contribution in [0.2, 0.25) is 10.0 Å². The Morgan fingerprint density at radius 2 is 1.80 bits per heavy atom. The van der Waals surface area contributed by atoms with Gasteiger partial charge in [0.05, 0.1) is 0 Å². The molecule has 0 aromatic heterocycles. The second-order valence-corrected chi connectivity index (χ2v) is 5.69. The fourth-order valence-corrected chi connectivity index (χ4v) is 2.39. The van der Waals surface area contributed by atoms with E-state index in [1.807, 2.05) is 6.07 Å². The molecule has 1 nitrogen and oxygen atoms in total. The van der Waals surface area contributed by atoms with Crippen LogP contribution in [0.15, 0.2) is 42.5 Å². The molecule has 2 aromatic carbocycles. The summed E-state index contributed by atoms with van der Waals surface area (Å²) in [6.07, 6.45) is 0.832. The van der Waals surface area contributed by atoms with Crippen LogP contribution in [-0.4, -0.2) is 6.04 Å². The average Bonchev–Trinajstić information content (AvgIpc) is 2.42. The standard InChI is InChI=1S/C16H16Cl2FN/c1-11(8-12-2-5-15(19)6-3-12)20-10-13-9-14(17)4-7-16(13)18/h2-7,9,11,20H,8,10H2,1H3. The molecule has 2 aromatic rings. The zero-order valence-corrected chi connectivity index (χ0v) is 12.7. The second-order valence-electron chi connectivity index (χ2n) is 4.85. The van der Waals surface area contributed by atoms with E-state index >= 15 is 0 Å². The molecule has 20 heavy (non-hydrogen) atoms. The number of hydrogen-bond acceptors (Lipinski definition) is 1. The van der Waals surface area contributed by atoms with Crippen molar-refractivity contribution in [1.82, 2.24) is 5.32 Å². The van der Waals surface area contributed by atoms with E-state index in [9.17, 15) is 4.39 Å². The third-order valence-electron chi connectivity index (χ3n) is 3.10. The van der Waals surface area contributed by atoms with Crippen LogP contribution in [0, 0.1) is 5.82 Å². The fraction of sp³-hybridized carbons (Fsp3) is 0.250. The number of hydrogen-bond donors (Lipinski definition) is 1. The van der Waals surface area contributed by atoms with Crippen molar-refractivity contribution in [3.8, 4) is 0 Å². The van der Waals surface area contributed by atoms with E-state index in [2.05, 4.69) is 12.2 Å². The van der Waals surface area contributed by atoms with Gasteiger partial charge in [0.1, 0.15) is 5.82 Å². The second kappa shape index (κ2) is 7.07. The van der Waals surface area contributed by atoms with Gasteiger partial charge in [0.2, 0.25) is 0 Å². The van der Waals surface area contributed by atoms with Gasteiger partial charge in [-0.25, -0.2) is 4.39 Å². The highest BCUT2D eigenvalue weighted by molar-refractivity contribution is 6.33. The van der Waals surface area contributed by atoms with Crippen molar-refractivity contribution in [3.63, 3.8) is 0 Å². The van der Waals surface area contributed by atoms with Crippen LogP contribution in [0.25, 0.3) is 0 Å². The Hall–Kier alpha value is -1.09. The van der Waals surface area contributed by atoms with Crippen LogP contribution in [0.5, 0.6) is 0 Å². The molecular formula is C16H16Cl2FN. The lowest BCUT2D eigenvalue weighted by atomic mass is 10.1. The molecule has 2 rings (SSSR count). The van der Waals surface area contributed by atoms with Crippen molar-refractivity contribution in [2.45, 2.75) is 25.9 Å². The summed E-state index contributed by atoms with van der Waals surface area (Å²) in [4.78, 5) is 0. The van der Waals surface area contributed by atoms with Crippen LogP contribution >= 0.6 is 23.2 Å². The normalized spacial score (nSPS) is 12.4. The number of rotatable bonds is 5. The van der Waals surface area contributed by atoms with Crippen LogP contribution < -0.4 is 5.32 Å². The first-order valence-electron chi connectivity index (χ1n) is 6.46. The molecular weight excluding hydrogens is 296 g/mol. The van der Waals surface area contributed by atoms with Crippen molar-refractivity contribution in [2.75, 3.05) is 0 Å². The van der Waals surface area contributed by atoms with Gasteiger partial charge in [-0.2, -0.15) is 0 Å². The van der Waals surface area contributed by atoms with Gasteiger partial charge in [-0.15, -0.1) is 0 Å². The lowest BCUT2D eigenvalue weighted by molar-refractivity contribution is 0.544. The molecule has 1 N–H and O–H groups in total. The van der Waals surface area contributed by atoms with E-state index in [0.29, 0.717) is 16.6 Å². The van der Waals surface area contributed by atoms with Crippen molar-refractivity contribution in [1.29, 1.82) is 0 Å². The molecule has 0 fully saturated rings. The Balaban J connectivity index is 1.90. The minimum Gasteiger partial charge on any atom is -0.310 e. The van der Waals surface area contributed by atoms with E-state index in [-0.39, 0.29) is 11.9 Å². The maximum absolute atomic E-state index is 12.8. The van der Waals surface area contributed by atoms with Crippen molar-refractivity contribution in [2.24, 2.45) is 0 Å². The highest BCUT2D eigenvalue weighted by Gasteiger charge is 2.06. The Bertz CT molecular complexity index is 569. The summed E-state index contributed by atoms with van der Waals surface area (Å²) in [6, 6.07) is 12.3. The molecule has 0 aliphatic heterocycles. The zero-order chi connectivity index (χ0) is 14.5. The quantitative estimate of drug-likeness (QED) is 0.832. The van der Waals surface area contributed by atoms with Gasteiger partial charge < -0.3 is 5.32 Å². The minimum absolute atomic E-state index is 0.208. The molecule has 0 saturated carbocycles. The summed E-state index contributed by atoms with van der Waals surface area (Å²) >= 11 is 12.1. The Labute approximate surface area is 128 Å². The van der Waals surface area contributed by atoms with Crippen molar-refractivity contribution >= 4 is 23.2 Å². The van der Waals surface area contributed by atoms with E-state index in [4.69, 9.17) is 23.2 Å². The first-order valence-corrected chi connectivity index (χ1v) is 7.22. The predicted octanol–water partition coefficient (Wildman–Crippen LogP) is 4.85. The summed E-state index contributed by atoms with van der Waals surface area (Å²) in [5, 5.41) is 4.78. The number of halogens is 3. The van der Waals surface area contributed by atoms with E-state index in [1.54, 1.807) is 24.3 Å². The van der Waals surface area contributed by atoms with Gasteiger partial charge in [0, 0.05) is 22.6 Å². The van der Waals surface area contributed by atoms with Crippen LogP contribution in [0.1, 0.15) is 18.1 Å². The highest BCUT2D eigenvalue weighted by Crippen LogP contribution is 2.20.